The van der Waals surface area contributed by atoms with E-state index in [9.17, 15) is 9.59 Å². The van der Waals surface area contributed by atoms with Gasteiger partial charge in [-0.15, -0.1) is 0 Å². The Morgan fingerprint density at radius 2 is 1.64 bits per heavy atom. The molecule has 3 aliphatic rings. The van der Waals surface area contributed by atoms with Crippen molar-refractivity contribution >= 4 is 17.5 Å². The van der Waals surface area contributed by atoms with Gasteiger partial charge in [0.2, 0.25) is 5.91 Å². The molecule has 0 saturated carbocycles. The van der Waals surface area contributed by atoms with Gasteiger partial charge in [-0.1, -0.05) is 19.3 Å². The summed E-state index contributed by atoms with van der Waals surface area (Å²) in [6.07, 6.45) is 11.5. The minimum Gasteiger partial charge on any atom is -0.381 e. The second-order valence-corrected chi connectivity index (χ2v) is 10.8. The van der Waals surface area contributed by atoms with Crippen molar-refractivity contribution in [2.75, 3.05) is 57.4 Å². The Bertz CT molecular complexity index is 849. The van der Waals surface area contributed by atoms with Crippen molar-refractivity contribution in [3.05, 3.63) is 29.3 Å². The summed E-state index contributed by atoms with van der Waals surface area (Å²) in [6.45, 7) is 9.97. The first kappa shape index (κ1) is 27.1. The maximum absolute atomic E-state index is 13.1. The molecule has 0 bridgehead atoms. The van der Waals surface area contributed by atoms with Gasteiger partial charge in [0, 0.05) is 57.1 Å². The summed E-state index contributed by atoms with van der Waals surface area (Å²) in [4.78, 5) is 32.7. The molecule has 0 unspecified atom stereocenters. The Morgan fingerprint density at radius 3 is 2.39 bits per heavy atom. The van der Waals surface area contributed by atoms with E-state index >= 15 is 0 Å². The Labute approximate surface area is 217 Å². The molecule has 0 aromatic heterocycles. The first-order valence-electron chi connectivity index (χ1n) is 14.4. The lowest BCUT2D eigenvalue weighted by atomic mass is 10.0. The summed E-state index contributed by atoms with van der Waals surface area (Å²) in [5, 5.41) is 3.13. The maximum atomic E-state index is 13.1. The molecule has 0 aliphatic carbocycles. The predicted molar refractivity (Wildman–Crippen MR) is 144 cm³/mol. The zero-order chi connectivity index (χ0) is 25.2. The molecule has 3 heterocycles. The number of carbonyl (C=O) groups excluding carboxylic acids is 2. The molecule has 7 nitrogen and oxygen atoms in total. The number of likely N-dealkylation sites (tertiary alicyclic amines) is 1. The van der Waals surface area contributed by atoms with E-state index in [1.165, 1.54) is 45.2 Å². The number of amides is 2. The molecule has 2 amide bonds. The van der Waals surface area contributed by atoms with Gasteiger partial charge in [0.05, 0.1) is 0 Å². The van der Waals surface area contributed by atoms with Crippen LogP contribution in [0.3, 0.4) is 0 Å². The molecule has 1 N–H and O–H groups in total. The lowest BCUT2D eigenvalue weighted by Gasteiger charge is -2.36. The summed E-state index contributed by atoms with van der Waals surface area (Å²) >= 11 is 0. The van der Waals surface area contributed by atoms with Crippen LogP contribution in [0.4, 0.5) is 5.69 Å². The van der Waals surface area contributed by atoms with Gasteiger partial charge in [-0.2, -0.15) is 0 Å². The lowest BCUT2D eigenvalue weighted by Crippen LogP contribution is -2.40. The molecule has 7 heteroatoms. The number of carbonyl (C=O) groups is 2. The number of nitrogens with one attached hydrogen (secondary N) is 1. The molecule has 0 atom stereocenters. The second-order valence-electron chi connectivity index (χ2n) is 10.8. The van der Waals surface area contributed by atoms with Crippen molar-refractivity contribution in [3.8, 4) is 0 Å². The van der Waals surface area contributed by atoms with E-state index in [0.717, 1.165) is 82.7 Å². The van der Waals surface area contributed by atoms with E-state index < -0.39 is 0 Å². The van der Waals surface area contributed by atoms with Gasteiger partial charge in [0.25, 0.3) is 5.91 Å². The highest BCUT2D eigenvalue weighted by molar-refractivity contribution is 5.97. The molecule has 200 valence electrons. The number of nitrogens with zero attached hydrogens (tertiary/aromatic N) is 3. The third kappa shape index (κ3) is 7.77. The van der Waals surface area contributed by atoms with E-state index in [1.807, 2.05) is 23.1 Å². The van der Waals surface area contributed by atoms with Crippen LogP contribution in [0.15, 0.2) is 18.2 Å². The fraction of sp³-hybridized carbons (Fsp3) is 0.724. The van der Waals surface area contributed by atoms with Crippen LogP contribution in [-0.2, 0) is 16.1 Å². The largest absolute Gasteiger partial charge is 0.381 e. The quantitative estimate of drug-likeness (QED) is 0.596. The van der Waals surface area contributed by atoms with Crippen molar-refractivity contribution in [1.82, 2.24) is 15.1 Å². The molecule has 0 radical (unpaired) electrons. The zero-order valence-electron chi connectivity index (χ0n) is 22.3. The van der Waals surface area contributed by atoms with Gasteiger partial charge in [-0.25, -0.2) is 0 Å². The minimum absolute atomic E-state index is 0.0164. The zero-order valence-corrected chi connectivity index (χ0v) is 22.3. The van der Waals surface area contributed by atoms with E-state index in [2.05, 4.69) is 15.1 Å². The number of hydrogen-bond donors (Lipinski definition) is 1. The standard InChI is InChI=1S/C29H46N4O3/c1-24(34)33-19-6-4-2-3-5-18-32(27-12-20-36-21-13-27)23-26-22-25(10-11-28(26)33)29(35)30-14-9-17-31-15-7-8-16-31/h10-11,22,27H,2-9,12-21,23H2,1H3,(H,30,35). The van der Waals surface area contributed by atoms with Crippen LogP contribution in [0.25, 0.3) is 0 Å². The highest BCUT2D eigenvalue weighted by Gasteiger charge is 2.25. The summed E-state index contributed by atoms with van der Waals surface area (Å²) in [5.74, 6) is 0.0577. The van der Waals surface area contributed by atoms with E-state index in [0.29, 0.717) is 18.2 Å². The number of hydrogen-bond acceptors (Lipinski definition) is 5. The van der Waals surface area contributed by atoms with Crippen molar-refractivity contribution < 1.29 is 14.3 Å². The fourth-order valence-electron chi connectivity index (χ4n) is 5.95. The Morgan fingerprint density at radius 1 is 0.944 bits per heavy atom. The third-order valence-electron chi connectivity index (χ3n) is 8.06. The van der Waals surface area contributed by atoms with Gasteiger partial charge in [0.15, 0.2) is 0 Å². The Hall–Kier alpha value is -1.96. The van der Waals surface area contributed by atoms with Crippen molar-refractivity contribution in [2.45, 2.75) is 83.7 Å². The Balaban J connectivity index is 1.51. The number of ether oxygens (including phenoxy) is 1. The molecule has 0 spiro atoms. The smallest absolute Gasteiger partial charge is 0.251 e. The number of rotatable bonds is 6. The highest BCUT2D eigenvalue weighted by Crippen LogP contribution is 2.28. The molecular weight excluding hydrogens is 452 g/mol. The third-order valence-corrected chi connectivity index (χ3v) is 8.06. The SMILES string of the molecule is CC(=O)N1CCCCCCCN(C2CCOCC2)Cc2cc(C(=O)NCCCN3CCCC3)ccc21. The normalized spacial score (nSPS) is 21.4. The van der Waals surface area contributed by atoms with Gasteiger partial charge in [-0.05, 0) is 94.9 Å². The van der Waals surface area contributed by atoms with Crippen molar-refractivity contribution in [3.63, 3.8) is 0 Å². The summed E-state index contributed by atoms with van der Waals surface area (Å²) in [5.41, 5.74) is 2.74. The van der Waals surface area contributed by atoms with E-state index in [1.54, 1.807) is 6.92 Å². The maximum Gasteiger partial charge on any atom is 0.251 e. The van der Waals surface area contributed by atoms with Crippen molar-refractivity contribution in [1.29, 1.82) is 0 Å². The van der Waals surface area contributed by atoms with E-state index in [-0.39, 0.29) is 11.8 Å². The molecule has 1 aromatic rings. The van der Waals surface area contributed by atoms with Crippen LogP contribution in [0.2, 0.25) is 0 Å². The number of anilines is 1. The average Bonchev–Trinajstić information content (AvgIpc) is 3.40. The summed E-state index contributed by atoms with van der Waals surface area (Å²) in [7, 11) is 0. The van der Waals surface area contributed by atoms with Crippen LogP contribution in [0, 0.1) is 0 Å². The van der Waals surface area contributed by atoms with Crippen LogP contribution < -0.4 is 10.2 Å². The van der Waals surface area contributed by atoms with Crippen LogP contribution in [0.5, 0.6) is 0 Å². The monoisotopic (exact) mass is 498 g/mol. The topological polar surface area (TPSA) is 65.1 Å². The number of benzene rings is 1. The molecule has 3 aliphatic heterocycles. The van der Waals surface area contributed by atoms with Gasteiger partial charge < -0.3 is 19.9 Å². The number of fused-ring (bicyclic) bond motifs is 1. The second kappa shape index (κ2) is 14.1. The summed E-state index contributed by atoms with van der Waals surface area (Å²) < 4.78 is 5.64. The van der Waals surface area contributed by atoms with Gasteiger partial charge >= 0.3 is 0 Å². The molecule has 36 heavy (non-hydrogen) atoms. The first-order chi connectivity index (χ1) is 17.6. The molecule has 2 saturated heterocycles. The fourth-order valence-corrected chi connectivity index (χ4v) is 5.95. The Kier molecular flexibility index (Phi) is 10.6. The molecule has 4 rings (SSSR count). The molecular formula is C29H46N4O3. The highest BCUT2D eigenvalue weighted by atomic mass is 16.5. The predicted octanol–water partition coefficient (Wildman–Crippen LogP) is 4.20. The minimum atomic E-state index is -0.0164. The molecule has 2 fully saturated rings. The lowest BCUT2D eigenvalue weighted by molar-refractivity contribution is -0.116. The summed E-state index contributed by atoms with van der Waals surface area (Å²) in [6, 6.07) is 6.43. The van der Waals surface area contributed by atoms with Crippen LogP contribution in [0.1, 0.15) is 87.1 Å². The average molecular weight is 499 g/mol. The van der Waals surface area contributed by atoms with Gasteiger partial charge in [-0.3, -0.25) is 14.5 Å². The van der Waals surface area contributed by atoms with Gasteiger partial charge in [0.1, 0.15) is 0 Å². The van der Waals surface area contributed by atoms with Crippen LogP contribution >= 0.6 is 0 Å². The van der Waals surface area contributed by atoms with E-state index in [4.69, 9.17) is 4.74 Å². The molecule has 1 aromatic carbocycles. The van der Waals surface area contributed by atoms with Crippen LogP contribution in [-0.4, -0.2) is 80.1 Å². The first-order valence-corrected chi connectivity index (χ1v) is 14.4. The van der Waals surface area contributed by atoms with Crippen molar-refractivity contribution in [2.24, 2.45) is 0 Å².